The van der Waals surface area contributed by atoms with E-state index >= 15 is 0 Å². The van der Waals surface area contributed by atoms with Crippen molar-refractivity contribution in [2.75, 3.05) is 24.0 Å². The summed E-state index contributed by atoms with van der Waals surface area (Å²) in [6.45, 7) is 6.58. The zero-order chi connectivity index (χ0) is 14.4. The molecule has 0 bridgehead atoms. The molecule has 0 aromatic heterocycles. The maximum atomic E-state index is 6.14. The molecule has 2 N–H and O–H groups in total. The Morgan fingerprint density at radius 2 is 2.05 bits per heavy atom. The average molecular weight is 280 g/mol. The Morgan fingerprint density at radius 1 is 1.37 bits per heavy atom. The number of anilines is 1. The van der Waals surface area contributed by atoms with Gasteiger partial charge in [-0.15, -0.1) is 0 Å². The summed E-state index contributed by atoms with van der Waals surface area (Å²) in [5, 5.41) is 0. The van der Waals surface area contributed by atoms with Gasteiger partial charge in [0.2, 0.25) is 0 Å². The fourth-order valence-corrected chi connectivity index (χ4v) is 2.95. The minimum atomic E-state index is 0.254. The maximum absolute atomic E-state index is 6.14. The average Bonchev–Trinajstić information content (AvgIpc) is 2.38. The van der Waals surface area contributed by atoms with Gasteiger partial charge in [-0.25, -0.2) is 0 Å². The highest BCUT2D eigenvalue weighted by atomic mass is 32.2. The van der Waals surface area contributed by atoms with Crippen LogP contribution in [-0.2, 0) is 6.42 Å². The van der Waals surface area contributed by atoms with Gasteiger partial charge in [-0.1, -0.05) is 24.6 Å². The lowest BCUT2D eigenvalue weighted by Gasteiger charge is -2.29. The first-order chi connectivity index (χ1) is 8.99. The van der Waals surface area contributed by atoms with E-state index in [1.807, 2.05) is 11.8 Å². The van der Waals surface area contributed by atoms with Gasteiger partial charge >= 0.3 is 0 Å². The molecule has 2 atom stereocenters. The van der Waals surface area contributed by atoms with Gasteiger partial charge < -0.3 is 10.6 Å². The van der Waals surface area contributed by atoms with Crippen molar-refractivity contribution in [3.05, 3.63) is 29.3 Å². The molecule has 0 radical (unpaired) electrons. The van der Waals surface area contributed by atoms with Gasteiger partial charge in [0.1, 0.15) is 0 Å². The number of benzene rings is 1. The second-order valence-electron chi connectivity index (χ2n) is 5.42. The van der Waals surface area contributed by atoms with Gasteiger partial charge in [0.25, 0.3) is 0 Å². The SMILES string of the molecule is CCC(N)Cc1cc(C)ccc1N(C)C(C)CSC. The second kappa shape index (κ2) is 7.81. The molecule has 1 aromatic carbocycles. The zero-order valence-corrected chi connectivity index (χ0v) is 13.8. The Labute approximate surface area is 122 Å². The van der Waals surface area contributed by atoms with Crippen molar-refractivity contribution in [3.8, 4) is 0 Å². The van der Waals surface area contributed by atoms with Gasteiger partial charge in [0.15, 0.2) is 0 Å². The third kappa shape index (κ3) is 4.73. The number of hydrogen-bond acceptors (Lipinski definition) is 3. The molecule has 108 valence electrons. The molecule has 0 aliphatic heterocycles. The Bertz CT molecular complexity index is 392. The van der Waals surface area contributed by atoms with E-state index in [4.69, 9.17) is 5.73 Å². The van der Waals surface area contributed by atoms with E-state index in [1.54, 1.807) is 0 Å². The van der Waals surface area contributed by atoms with Gasteiger partial charge in [0, 0.05) is 30.6 Å². The van der Waals surface area contributed by atoms with Gasteiger partial charge in [0.05, 0.1) is 0 Å². The largest absolute Gasteiger partial charge is 0.371 e. The monoisotopic (exact) mass is 280 g/mol. The van der Waals surface area contributed by atoms with E-state index < -0.39 is 0 Å². The highest BCUT2D eigenvalue weighted by Crippen LogP contribution is 2.25. The van der Waals surface area contributed by atoms with Gasteiger partial charge in [-0.2, -0.15) is 11.8 Å². The smallest absolute Gasteiger partial charge is 0.0399 e. The molecule has 1 aromatic rings. The summed E-state index contributed by atoms with van der Waals surface area (Å²) >= 11 is 1.89. The Balaban J connectivity index is 2.98. The molecule has 1 rings (SSSR count). The molecule has 2 unspecified atom stereocenters. The Kier molecular flexibility index (Phi) is 6.73. The summed E-state index contributed by atoms with van der Waals surface area (Å²) in [6.07, 6.45) is 4.15. The van der Waals surface area contributed by atoms with E-state index in [0.29, 0.717) is 6.04 Å². The summed E-state index contributed by atoms with van der Waals surface area (Å²) in [5.41, 5.74) is 10.2. The summed E-state index contributed by atoms with van der Waals surface area (Å²) in [4.78, 5) is 2.38. The molecule has 0 amide bonds. The standard InChI is InChI=1S/C16H28N2S/c1-6-15(17)10-14-9-12(2)7-8-16(14)18(4)13(3)11-19-5/h7-9,13,15H,6,10-11,17H2,1-5H3. The molecule has 0 heterocycles. The van der Waals surface area contributed by atoms with Crippen LogP contribution in [-0.4, -0.2) is 31.1 Å². The molecular formula is C16H28N2S. The molecule has 3 heteroatoms. The van der Waals surface area contributed by atoms with Gasteiger partial charge in [-0.3, -0.25) is 0 Å². The van der Waals surface area contributed by atoms with E-state index in [-0.39, 0.29) is 6.04 Å². The van der Waals surface area contributed by atoms with Crippen LogP contribution < -0.4 is 10.6 Å². The minimum Gasteiger partial charge on any atom is -0.371 e. The lowest BCUT2D eigenvalue weighted by Crippen LogP contribution is -2.32. The Morgan fingerprint density at radius 3 is 2.63 bits per heavy atom. The number of thioether (sulfide) groups is 1. The first-order valence-electron chi connectivity index (χ1n) is 7.06. The molecule has 0 saturated heterocycles. The van der Waals surface area contributed by atoms with Crippen LogP contribution in [0.15, 0.2) is 18.2 Å². The number of hydrogen-bond donors (Lipinski definition) is 1. The zero-order valence-electron chi connectivity index (χ0n) is 12.9. The topological polar surface area (TPSA) is 29.3 Å². The van der Waals surface area contributed by atoms with Crippen LogP contribution in [0, 0.1) is 6.92 Å². The van der Waals surface area contributed by atoms with Crippen molar-refractivity contribution in [3.63, 3.8) is 0 Å². The molecule has 0 spiro atoms. The van der Waals surface area contributed by atoms with Crippen molar-refractivity contribution < 1.29 is 0 Å². The van der Waals surface area contributed by atoms with Crippen LogP contribution in [0.2, 0.25) is 0 Å². The van der Waals surface area contributed by atoms with Gasteiger partial charge in [-0.05, 0) is 44.6 Å². The lowest BCUT2D eigenvalue weighted by atomic mass is 10.00. The van der Waals surface area contributed by atoms with Crippen LogP contribution in [0.1, 0.15) is 31.4 Å². The first-order valence-corrected chi connectivity index (χ1v) is 8.45. The number of nitrogens with two attached hydrogens (primary N) is 1. The van der Waals surface area contributed by atoms with Crippen molar-refractivity contribution in [1.29, 1.82) is 0 Å². The summed E-state index contributed by atoms with van der Waals surface area (Å²) in [6, 6.07) is 7.51. The van der Waals surface area contributed by atoms with Crippen LogP contribution >= 0.6 is 11.8 Å². The van der Waals surface area contributed by atoms with E-state index in [9.17, 15) is 0 Å². The number of nitrogens with zero attached hydrogens (tertiary/aromatic N) is 1. The van der Waals surface area contributed by atoms with Crippen molar-refractivity contribution >= 4 is 17.4 Å². The summed E-state index contributed by atoms with van der Waals surface area (Å²) in [5.74, 6) is 1.14. The second-order valence-corrected chi connectivity index (χ2v) is 6.33. The molecule has 19 heavy (non-hydrogen) atoms. The van der Waals surface area contributed by atoms with Crippen molar-refractivity contribution in [2.24, 2.45) is 5.73 Å². The van der Waals surface area contributed by atoms with Crippen molar-refractivity contribution in [2.45, 2.75) is 45.7 Å². The fraction of sp³-hybridized carbons (Fsp3) is 0.625. The predicted molar refractivity (Wildman–Crippen MR) is 89.4 cm³/mol. The van der Waals surface area contributed by atoms with Crippen molar-refractivity contribution in [1.82, 2.24) is 0 Å². The molecule has 0 saturated carbocycles. The maximum Gasteiger partial charge on any atom is 0.0399 e. The third-order valence-corrected chi connectivity index (χ3v) is 4.51. The van der Waals surface area contributed by atoms with E-state index in [2.05, 4.69) is 57.2 Å². The van der Waals surface area contributed by atoms with Crippen LogP contribution in [0.25, 0.3) is 0 Å². The number of rotatable bonds is 7. The van der Waals surface area contributed by atoms with E-state index in [1.165, 1.54) is 16.8 Å². The summed E-state index contributed by atoms with van der Waals surface area (Å²) in [7, 11) is 2.19. The highest BCUT2D eigenvalue weighted by Gasteiger charge is 2.14. The first kappa shape index (κ1) is 16.4. The molecule has 2 nitrogen and oxygen atoms in total. The fourth-order valence-electron chi connectivity index (χ4n) is 2.24. The minimum absolute atomic E-state index is 0.254. The van der Waals surface area contributed by atoms with E-state index in [0.717, 1.165) is 18.6 Å². The predicted octanol–water partition coefficient (Wildman–Crippen LogP) is 3.46. The van der Waals surface area contributed by atoms with Crippen LogP contribution in [0.3, 0.4) is 0 Å². The normalized spacial score (nSPS) is 14.2. The molecule has 0 aliphatic carbocycles. The van der Waals surface area contributed by atoms with Crippen LogP contribution in [0.5, 0.6) is 0 Å². The molecule has 0 aliphatic rings. The third-order valence-electron chi connectivity index (χ3n) is 3.69. The molecular weight excluding hydrogens is 252 g/mol. The van der Waals surface area contributed by atoms with Crippen LogP contribution in [0.4, 0.5) is 5.69 Å². The highest BCUT2D eigenvalue weighted by molar-refractivity contribution is 7.98. The quantitative estimate of drug-likeness (QED) is 0.829. The Hall–Kier alpha value is -0.670. The lowest BCUT2D eigenvalue weighted by molar-refractivity contribution is 0.642. The number of aryl methyl sites for hydroxylation is 1. The summed E-state index contributed by atoms with van der Waals surface area (Å²) < 4.78 is 0. The molecule has 0 fully saturated rings.